The molecule has 0 amide bonds. The van der Waals surface area contributed by atoms with Gasteiger partial charge in [0, 0.05) is 25.8 Å². The molecule has 0 radical (unpaired) electrons. The summed E-state index contributed by atoms with van der Waals surface area (Å²) in [5, 5.41) is 0. The monoisotopic (exact) mass is 315 g/mol. The van der Waals surface area contributed by atoms with Crippen LogP contribution in [0.15, 0.2) is 24.3 Å². The van der Waals surface area contributed by atoms with E-state index in [1.807, 2.05) is 0 Å². The van der Waals surface area contributed by atoms with Crippen LogP contribution in [0.3, 0.4) is 0 Å². The molecule has 60 valence electrons. The van der Waals surface area contributed by atoms with Gasteiger partial charge in [0.25, 0.3) is 0 Å². The molecule has 0 N–H and O–H groups in total. The Bertz CT molecular complexity index is 179. The summed E-state index contributed by atoms with van der Waals surface area (Å²) < 4.78 is 0. The molecule has 11 heavy (non-hydrogen) atoms. The van der Waals surface area contributed by atoms with Crippen LogP contribution in [-0.2, 0) is 32.3 Å². The van der Waals surface area contributed by atoms with Crippen molar-refractivity contribution in [1.29, 1.82) is 0 Å². The van der Waals surface area contributed by atoms with Crippen molar-refractivity contribution in [2.75, 3.05) is 0 Å². The van der Waals surface area contributed by atoms with E-state index in [1.165, 1.54) is 12.0 Å². The molecule has 1 aromatic rings. The molecule has 0 heterocycles. The van der Waals surface area contributed by atoms with Crippen LogP contribution in [0.2, 0.25) is 0 Å². The first kappa shape index (κ1) is 11.2. The summed E-state index contributed by atoms with van der Waals surface area (Å²) in [5.74, 6) is 0. The van der Waals surface area contributed by atoms with E-state index < -0.39 is 0 Å². The predicted molar refractivity (Wildman–Crippen MR) is 45.2 cm³/mol. The predicted octanol–water partition coefficient (Wildman–Crippen LogP) is 2.99. The summed E-state index contributed by atoms with van der Waals surface area (Å²) >= 11 is 0. The first-order valence-electron chi connectivity index (χ1n) is 3.78. The third kappa shape index (κ3) is 4.62. The van der Waals surface area contributed by atoms with Gasteiger partial charge in [-0.05, 0) is 5.41 Å². The summed E-state index contributed by atoms with van der Waals surface area (Å²) in [7, 11) is 0. The molecule has 1 heteroatoms. The van der Waals surface area contributed by atoms with Gasteiger partial charge in [0.05, 0.1) is 0 Å². The number of rotatable bonds is 1. The minimum Gasteiger partial charge on any atom is -0.211 e. The van der Waals surface area contributed by atoms with Gasteiger partial charge in [-0.1, -0.05) is 27.2 Å². The standard InChI is InChI=1S/C10H15.Hf/c1-10(2,3)8-9-6-4-5-7-9;/h4-7H,8H2,1-3H3;/q-1;. The normalized spacial score (nSPS) is 10.8. The minimum atomic E-state index is 0. The van der Waals surface area contributed by atoms with Crippen molar-refractivity contribution in [2.24, 2.45) is 5.41 Å². The second-order valence-corrected chi connectivity index (χ2v) is 4.03. The Kier molecular flexibility index (Phi) is 4.38. The smallest absolute Gasteiger partial charge is 0 e. The third-order valence-corrected chi connectivity index (χ3v) is 1.47. The van der Waals surface area contributed by atoms with Crippen LogP contribution in [0.5, 0.6) is 0 Å². The molecule has 0 aliphatic rings. The van der Waals surface area contributed by atoms with Crippen molar-refractivity contribution < 1.29 is 25.8 Å². The molecule has 1 aromatic carbocycles. The molecular formula is C10H15Hf-. The molecule has 0 aliphatic heterocycles. The Labute approximate surface area is 88.2 Å². The van der Waals surface area contributed by atoms with E-state index in [-0.39, 0.29) is 25.8 Å². The van der Waals surface area contributed by atoms with E-state index in [9.17, 15) is 0 Å². The van der Waals surface area contributed by atoms with Gasteiger partial charge in [0.15, 0.2) is 0 Å². The molecule has 0 aliphatic carbocycles. The van der Waals surface area contributed by atoms with Crippen LogP contribution in [0.1, 0.15) is 26.3 Å². The maximum atomic E-state index is 2.26. The van der Waals surface area contributed by atoms with Gasteiger partial charge >= 0.3 is 0 Å². The van der Waals surface area contributed by atoms with Crippen LogP contribution in [-0.4, -0.2) is 0 Å². The summed E-state index contributed by atoms with van der Waals surface area (Å²) in [6, 6.07) is 8.57. The SMILES string of the molecule is CC(C)(C)Cc1cc[cH-]c1.[Hf]. The molecule has 0 nitrogen and oxygen atoms in total. The van der Waals surface area contributed by atoms with Gasteiger partial charge in [-0.25, -0.2) is 6.07 Å². The van der Waals surface area contributed by atoms with Crippen molar-refractivity contribution in [3.8, 4) is 0 Å². The van der Waals surface area contributed by atoms with Gasteiger partial charge in [-0.15, -0.1) is 0 Å². The molecule has 0 aromatic heterocycles. The van der Waals surface area contributed by atoms with Crippen molar-refractivity contribution in [3.63, 3.8) is 0 Å². The Morgan fingerprint density at radius 3 is 2.36 bits per heavy atom. The topological polar surface area (TPSA) is 0 Å². The van der Waals surface area contributed by atoms with E-state index in [1.54, 1.807) is 0 Å². The first-order valence-corrected chi connectivity index (χ1v) is 3.78. The number of hydrogen-bond acceptors (Lipinski definition) is 0. The van der Waals surface area contributed by atoms with Crippen LogP contribution in [0.25, 0.3) is 0 Å². The van der Waals surface area contributed by atoms with Crippen molar-refractivity contribution in [2.45, 2.75) is 27.2 Å². The Balaban J connectivity index is 0.000001000. The van der Waals surface area contributed by atoms with Crippen molar-refractivity contribution in [1.82, 2.24) is 0 Å². The zero-order valence-corrected chi connectivity index (χ0v) is 11.1. The largest absolute Gasteiger partial charge is 0.211 e. The summed E-state index contributed by atoms with van der Waals surface area (Å²) in [6.45, 7) is 6.79. The zero-order chi connectivity index (χ0) is 7.61. The molecule has 0 fully saturated rings. The fourth-order valence-electron chi connectivity index (χ4n) is 1.14. The molecule has 0 saturated carbocycles. The van der Waals surface area contributed by atoms with Crippen molar-refractivity contribution >= 4 is 0 Å². The zero-order valence-electron chi connectivity index (χ0n) is 7.52. The molecule has 0 spiro atoms. The average molecular weight is 314 g/mol. The molecular weight excluding hydrogens is 299 g/mol. The Morgan fingerprint density at radius 2 is 2.00 bits per heavy atom. The summed E-state index contributed by atoms with van der Waals surface area (Å²) in [4.78, 5) is 0. The molecule has 1 rings (SSSR count). The Morgan fingerprint density at radius 1 is 1.36 bits per heavy atom. The third-order valence-electron chi connectivity index (χ3n) is 1.47. The van der Waals surface area contributed by atoms with Gasteiger partial charge < -0.3 is 0 Å². The number of hydrogen-bond donors (Lipinski definition) is 0. The van der Waals surface area contributed by atoms with Gasteiger partial charge in [-0.2, -0.15) is 23.8 Å². The van der Waals surface area contributed by atoms with Gasteiger partial charge in [0.2, 0.25) is 0 Å². The van der Waals surface area contributed by atoms with Crippen LogP contribution in [0, 0.1) is 5.41 Å². The van der Waals surface area contributed by atoms with Gasteiger partial charge in [0.1, 0.15) is 0 Å². The first-order chi connectivity index (χ1) is 4.58. The maximum absolute atomic E-state index is 2.26. The van der Waals surface area contributed by atoms with E-state index in [0.29, 0.717) is 5.41 Å². The van der Waals surface area contributed by atoms with E-state index >= 15 is 0 Å². The molecule has 0 saturated heterocycles. The fourth-order valence-corrected chi connectivity index (χ4v) is 1.14. The second-order valence-electron chi connectivity index (χ2n) is 4.03. The quantitative estimate of drug-likeness (QED) is 0.552. The maximum Gasteiger partial charge on any atom is 0 e. The molecule has 0 unspecified atom stereocenters. The minimum absolute atomic E-state index is 0. The molecule has 0 atom stereocenters. The Hall–Kier alpha value is 0.220. The van der Waals surface area contributed by atoms with E-state index in [2.05, 4.69) is 45.0 Å². The molecule has 0 bridgehead atoms. The van der Waals surface area contributed by atoms with Crippen molar-refractivity contribution in [3.05, 3.63) is 29.8 Å². The van der Waals surface area contributed by atoms with Crippen LogP contribution in [0.4, 0.5) is 0 Å². The summed E-state index contributed by atoms with van der Waals surface area (Å²) in [6.07, 6.45) is 1.18. The van der Waals surface area contributed by atoms with Crippen LogP contribution >= 0.6 is 0 Å². The van der Waals surface area contributed by atoms with E-state index in [0.717, 1.165) is 0 Å². The van der Waals surface area contributed by atoms with E-state index in [4.69, 9.17) is 0 Å². The van der Waals surface area contributed by atoms with Gasteiger partial charge in [-0.3, -0.25) is 0 Å². The van der Waals surface area contributed by atoms with Crippen LogP contribution < -0.4 is 0 Å². The summed E-state index contributed by atoms with van der Waals surface area (Å²) in [5.41, 5.74) is 1.88. The average Bonchev–Trinajstić information content (AvgIpc) is 2.12. The second kappa shape index (κ2) is 4.30. The fraction of sp³-hybridized carbons (Fsp3) is 0.500.